The zero-order valence-corrected chi connectivity index (χ0v) is 11.4. The molecule has 0 aliphatic carbocycles. The average molecular weight is 291 g/mol. The molecule has 1 nitrogen and oxygen atoms in total. The first-order valence-corrected chi connectivity index (χ1v) is 6.60. The molecule has 0 radical (unpaired) electrons. The summed E-state index contributed by atoms with van der Waals surface area (Å²) in [5, 5.41) is 3.24. The number of anilines is 1. The molecule has 0 spiro atoms. The predicted molar refractivity (Wildman–Crippen MR) is 79.1 cm³/mol. The van der Waals surface area contributed by atoms with E-state index in [9.17, 15) is 13.2 Å². The summed E-state index contributed by atoms with van der Waals surface area (Å²) in [6.07, 6.45) is -2.10. The second-order valence-corrected chi connectivity index (χ2v) is 4.71. The Morgan fingerprint density at radius 1 is 1.05 bits per heavy atom. The summed E-state index contributed by atoms with van der Waals surface area (Å²) in [7, 11) is 0. The first kappa shape index (κ1) is 15.2. The molecule has 2 rings (SSSR count). The van der Waals surface area contributed by atoms with Crippen molar-refractivity contribution in [3.05, 3.63) is 78.4 Å². The fourth-order valence-corrected chi connectivity index (χ4v) is 2.11. The van der Waals surface area contributed by atoms with Crippen molar-refractivity contribution in [3.8, 4) is 0 Å². The third kappa shape index (κ3) is 4.12. The third-order valence-corrected chi connectivity index (χ3v) is 3.13. The molecule has 1 N–H and O–H groups in total. The van der Waals surface area contributed by atoms with E-state index < -0.39 is 11.7 Å². The van der Waals surface area contributed by atoms with Crippen molar-refractivity contribution in [1.29, 1.82) is 0 Å². The van der Waals surface area contributed by atoms with E-state index in [-0.39, 0.29) is 6.04 Å². The molecule has 0 bridgehead atoms. The van der Waals surface area contributed by atoms with Gasteiger partial charge in [0.1, 0.15) is 0 Å². The number of halogens is 3. The van der Waals surface area contributed by atoms with E-state index in [2.05, 4.69) is 11.9 Å². The molecule has 0 aliphatic rings. The van der Waals surface area contributed by atoms with E-state index in [1.54, 1.807) is 12.1 Å². The number of hydrogen-bond donors (Lipinski definition) is 1. The van der Waals surface area contributed by atoms with Gasteiger partial charge in [0.15, 0.2) is 0 Å². The summed E-state index contributed by atoms with van der Waals surface area (Å²) < 4.78 is 38.4. The molecule has 2 aromatic carbocycles. The van der Waals surface area contributed by atoms with Crippen molar-refractivity contribution in [3.63, 3.8) is 0 Å². The highest BCUT2D eigenvalue weighted by Crippen LogP contribution is 2.32. The molecular weight excluding hydrogens is 275 g/mol. The van der Waals surface area contributed by atoms with E-state index in [0.717, 1.165) is 11.8 Å². The van der Waals surface area contributed by atoms with Crippen LogP contribution in [0.15, 0.2) is 67.3 Å². The Morgan fingerprint density at radius 3 is 2.38 bits per heavy atom. The molecule has 0 aliphatic heterocycles. The Morgan fingerprint density at radius 2 is 1.76 bits per heavy atom. The van der Waals surface area contributed by atoms with Gasteiger partial charge in [0.25, 0.3) is 0 Å². The predicted octanol–water partition coefficient (Wildman–Crippen LogP) is 5.43. The average Bonchev–Trinajstić information content (AvgIpc) is 2.47. The van der Waals surface area contributed by atoms with Crippen molar-refractivity contribution in [2.24, 2.45) is 0 Å². The van der Waals surface area contributed by atoms with Crippen molar-refractivity contribution < 1.29 is 13.2 Å². The van der Waals surface area contributed by atoms with Crippen LogP contribution in [0.25, 0.3) is 0 Å². The minimum Gasteiger partial charge on any atom is -0.378 e. The van der Waals surface area contributed by atoms with Crippen molar-refractivity contribution in [2.45, 2.75) is 18.6 Å². The Kier molecular flexibility index (Phi) is 4.68. The molecule has 0 saturated carbocycles. The first-order valence-electron chi connectivity index (χ1n) is 6.60. The van der Waals surface area contributed by atoms with Crippen LogP contribution in [0.4, 0.5) is 18.9 Å². The molecule has 0 aromatic heterocycles. The van der Waals surface area contributed by atoms with Crippen molar-refractivity contribution in [2.75, 3.05) is 5.32 Å². The fraction of sp³-hybridized carbons (Fsp3) is 0.176. The lowest BCUT2D eigenvalue weighted by molar-refractivity contribution is -0.137. The number of hydrogen-bond acceptors (Lipinski definition) is 1. The second kappa shape index (κ2) is 6.48. The summed E-state index contributed by atoms with van der Waals surface area (Å²) in [5.74, 6) is 0. The van der Waals surface area contributed by atoms with Gasteiger partial charge in [-0.25, -0.2) is 0 Å². The first-order chi connectivity index (χ1) is 10.0. The number of benzene rings is 2. The summed E-state index contributed by atoms with van der Waals surface area (Å²) >= 11 is 0. The lowest BCUT2D eigenvalue weighted by Gasteiger charge is -2.20. The largest absolute Gasteiger partial charge is 0.416 e. The standard InChI is InChI=1S/C17H16F3N/c1-2-7-16(21-15-10-4-3-5-11-15)13-8-6-9-14(12-13)17(18,19)20/h2-6,8-12,16,21H,1,7H2. The number of para-hydroxylation sites is 1. The smallest absolute Gasteiger partial charge is 0.378 e. The number of rotatable bonds is 5. The summed E-state index contributed by atoms with van der Waals surface area (Å²) in [5.41, 5.74) is 0.819. The Bertz CT molecular complexity index is 590. The normalized spacial score (nSPS) is 12.7. The van der Waals surface area contributed by atoms with Crippen LogP contribution in [0.1, 0.15) is 23.6 Å². The van der Waals surface area contributed by atoms with Gasteiger partial charge < -0.3 is 5.32 Å². The minimum atomic E-state index is -4.33. The summed E-state index contributed by atoms with van der Waals surface area (Å²) in [6, 6.07) is 14.5. The quantitative estimate of drug-likeness (QED) is 0.724. The van der Waals surface area contributed by atoms with E-state index in [0.29, 0.717) is 12.0 Å². The number of alkyl halides is 3. The second-order valence-electron chi connectivity index (χ2n) is 4.71. The lowest BCUT2D eigenvalue weighted by atomic mass is 10.0. The summed E-state index contributed by atoms with van der Waals surface area (Å²) in [6.45, 7) is 3.68. The van der Waals surface area contributed by atoms with Crippen molar-refractivity contribution in [1.82, 2.24) is 0 Å². The van der Waals surface area contributed by atoms with E-state index >= 15 is 0 Å². The van der Waals surface area contributed by atoms with Gasteiger partial charge in [-0.1, -0.05) is 36.4 Å². The van der Waals surface area contributed by atoms with Gasteiger partial charge in [-0.3, -0.25) is 0 Å². The van der Waals surface area contributed by atoms with Gasteiger partial charge >= 0.3 is 6.18 Å². The van der Waals surface area contributed by atoms with Crippen LogP contribution in [0.3, 0.4) is 0 Å². The maximum atomic E-state index is 12.8. The van der Waals surface area contributed by atoms with Gasteiger partial charge in [-0.05, 0) is 36.2 Å². The monoisotopic (exact) mass is 291 g/mol. The maximum Gasteiger partial charge on any atom is 0.416 e. The van der Waals surface area contributed by atoms with Crippen LogP contribution in [0.5, 0.6) is 0 Å². The van der Waals surface area contributed by atoms with Crippen molar-refractivity contribution >= 4 is 5.69 Å². The highest BCUT2D eigenvalue weighted by atomic mass is 19.4. The highest BCUT2D eigenvalue weighted by Gasteiger charge is 2.30. The Balaban J connectivity index is 2.28. The molecule has 21 heavy (non-hydrogen) atoms. The van der Waals surface area contributed by atoms with Crippen LogP contribution in [-0.2, 0) is 6.18 Å². The SMILES string of the molecule is C=CCC(Nc1ccccc1)c1cccc(C(F)(F)F)c1. The molecule has 2 aromatic rings. The van der Waals surface area contributed by atoms with Gasteiger partial charge in [0, 0.05) is 5.69 Å². The topological polar surface area (TPSA) is 12.0 Å². The van der Waals surface area contributed by atoms with Gasteiger partial charge in [0.05, 0.1) is 11.6 Å². The maximum absolute atomic E-state index is 12.8. The molecule has 1 atom stereocenters. The molecule has 1 unspecified atom stereocenters. The molecule has 0 fully saturated rings. The zero-order valence-electron chi connectivity index (χ0n) is 11.4. The van der Waals surface area contributed by atoms with Gasteiger partial charge in [0.2, 0.25) is 0 Å². The zero-order chi connectivity index (χ0) is 15.3. The minimum absolute atomic E-state index is 0.243. The molecule has 4 heteroatoms. The molecule has 0 heterocycles. The van der Waals surface area contributed by atoms with Crippen LogP contribution in [0, 0.1) is 0 Å². The van der Waals surface area contributed by atoms with E-state index in [1.165, 1.54) is 12.1 Å². The molecule has 0 saturated heterocycles. The van der Waals surface area contributed by atoms with Crippen LogP contribution in [-0.4, -0.2) is 0 Å². The fourth-order valence-electron chi connectivity index (χ4n) is 2.11. The van der Waals surface area contributed by atoms with Crippen LogP contribution >= 0.6 is 0 Å². The summed E-state index contributed by atoms with van der Waals surface area (Å²) in [4.78, 5) is 0. The highest BCUT2D eigenvalue weighted by molar-refractivity contribution is 5.45. The Hall–Kier alpha value is -2.23. The lowest BCUT2D eigenvalue weighted by Crippen LogP contribution is -2.12. The van der Waals surface area contributed by atoms with E-state index in [1.807, 2.05) is 30.3 Å². The van der Waals surface area contributed by atoms with E-state index in [4.69, 9.17) is 0 Å². The number of nitrogens with one attached hydrogen (secondary N) is 1. The van der Waals surface area contributed by atoms with Gasteiger partial charge in [-0.15, -0.1) is 6.58 Å². The molecule has 0 amide bonds. The third-order valence-electron chi connectivity index (χ3n) is 3.13. The van der Waals surface area contributed by atoms with Crippen LogP contribution < -0.4 is 5.32 Å². The van der Waals surface area contributed by atoms with Crippen LogP contribution in [0.2, 0.25) is 0 Å². The Labute approximate surface area is 122 Å². The molecular formula is C17H16F3N. The molecule has 110 valence electrons. The van der Waals surface area contributed by atoms with Gasteiger partial charge in [-0.2, -0.15) is 13.2 Å².